The third kappa shape index (κ3) is 10.3. The number of methoxy groups -OCH3 is 2. The number of esters is 2. The molecule has 0 atom stereocenters. The topological polar surface area (TPSA) is 84.9 Å². The average molecular weight is 367 g/mol. The lowest BCUT2D eigenvalue weighted by atomic mass is 10.4. The first kappa shape index (κ1) is 19.9. The van der Waals surface area contributed by atoms with Gasteiger partial charge in [0.2, 0.25) is 5.91 Å². The Kier molecular flexibility index (Phi) is 11.9. The van der Waals surface area contributed by atoms with Crippen LogP contribution < -0.4 is 5.32 Å². The summed E-state index contributed by atoms with van der Waals surface area (Å²) >= 11 is 2.90. The second kappa shape index (κ2) is 12.6. The smallest absolute Gasteiger partial charge is 0.319 e. The van der Waals surface area contributed by atoms with Gasteiger partial charge in [-0.05, 0) is 19.4 Å². The van der Waals surface area contributed by atoms with Gasteiger partial charge in [-0.2, -0.15) is 0 Å². The van der Waals surface area contributed by atoms with E-state index in [1.165, 1.54) is 14.2 Å². The van der Waals surface area contributed by atoms with E-state index >= 15 is 0 Å². The van der Waals surface area contributed by atoms with E-state index in [1.54, 1.807) is 0 Å². The quantitative estimate of drug-likeness (QED) is 0.396. The Bertz CT molecular complexity index is 333. The first-order chi connectivity index (χ1) is 10.0. The van der Waals surface area contributed by atoms with Crippen molar-refractivity contribution in [2.75, 3.05) is 45.7 Å². The zero-order chi connectivity index (χ0) is 16.1. The molecule has 7 nitrogen and oxygen atoms in total. The van der Waals surface area contributed by atoms with Gasteiger partial charge in [0.1, 0.15) is 5.33 Å². The molecule has 1 rings (SSSR count). The molecule has 0 unspecified atom stereocenters. The Morgan fingerprint density at radius 1 is 1.29 bits per heavy atom. The van der Waals surface area contributed by atoms with E-state index in [-0.39, 0.29) is 29.7 Å². The fourth-order valence-corrected chi connectivity index (χ4v) is 1.88. The summed E-state index contributed by atoms with van der Waals surface area (Å²) in [6.07, 6.45) is 2.55. The number of rotatable bonds is 7. The Hall–Kier alpha value is -1.15. The highest BCUT2D eigenvalue weighted by Crippen LogP contribution is 2.09. The molecule has 8 heteroatoms. The van der Waals surface area contributed by atoms with Gasteiger partial charge in [0.25, 0.3) is 0 Å². The van der Waals surface area contributed by atoms with E-state index in [2.05, 4.69) is 30.7 Å². The van der Waals surface area contributed by atoms with Crippen molar-refractivity contribution in [1.82, 2.24) is 10.2 Å². The van der Waals surface area contributed by atoms with Gasteiger partial charge in [0.15, 0.2) is 0 Å². The monoisotopic (exact) mass is 366 g/mol. The predicted molar refractivity (Wildman–Crippen MR) is 81.1 cm³/mol. The van der Waals surface area contributed by atoms with Crippen molar-refractivity contribution in [2.45, 2.75) is 19.3 Å². The Morgan fingerprint density at radius 3 is 2.38 bits per heavy atom. The van der Waals surface area contributed by atoms with Crippen LogP contribution in [0.5, 0.6) is 0 Å². The summed E-state index contributed by atoms with van der Waals surface area (Å²) in [6, 6.07) is 0. The normalized spacial score (nSPS) is 13.5. The lowest BCUT2D eigenvalue weighted by Crippen LogP contribution is -2.30. The van der Waals surface area contributed by atoms with Gasteiger partial charge < -0.3 is 19.7 Å². The van der Waals surface area contributed by atoms with E-state index in [0.29, 0.717) is 6.42 Å². The zero-order valence-electron chi connectivity index (χ0n) is 12.5. The maximum atomic E-state index is 11.2. The predicted octanol–water partition coefficient (Wildman–Crippen LogP) is 0.316. The lowest BCUT2D eigenvalue weighted by Gasteiger charge is -2.14. The summed E-state index contributed by atoms with van der Waals surface area (Å²) in [5.74, 6) is -0.245. The third-order valence-electron chi connectivity index (χ3n) is 2.79. The standard InChI is InChI=1S/C10H18N2O3.C3H5BrO2/c1-15-10(14)8-11-5-3-7-12-6-2-4-9(12)13;1-6-3(5)2-4/h11H,2-8H2,1H3;2H2,1H3. The number of hydrogen-bond donors (Lipinski definition) is 1. The van der Waals surface area contributed by atoms with Crippen LogP contribution >= 0.6 is 15.9 Å². The molecule has 1 amide bonds. The summed E-state index contributed by atoms with van der Waals surface area (Å²) in [6.45, 7) is 2.65. The number of halogens is 1. The molecule has 21 heavy (non-hydrogen) atoms. The summed E-state index contributed by atoms with van der Waals surface area (Å²) in [5.41, 5.74) is 0. The van der Waals surface area contributed by atoms with Gasteiger partial charge in [-0.1, -0.05) is 15.9 Å². The fourth-order valence-electron chi connectivity index (χ4n) is 1.65. The van der Waals surface area contributed by atoms with Crippen molar-refractivity contribution in [2.24, 2.45) is 0 Å². The van der Waals surface area contributed by atoms with Crippen LogP contribution in [0.2, 0.25) is 0 Å². The van der Waals surface area contributed by atoms with Crippen LogP contribution in [0.3, 0.4) is 0 Å². The van der Waals surface area contributed by atoms with E-state index in [9.17, 15) is 14.4 Å². The number of carbonyl (C=O) groups excluding carboxylic acids is 3. The molecule has 0 aromatic heterocycles. The first-order valence-corrected chi connectivity index (χ1v) is 7.85. The van der Waals surface area contributed by atoms with Crippen LogP contribution in [0.4, 0.5) is 0 Å². The number of amides is 1. The third-order valence-corrected chi connectivity index (χ3v) is 3.24. The highest BCUT2D eigenvalue weighted by molar-refractivity contribution is 9.09. The van der Waals surface area contributed by atoms with E-state index < -0.39 is 0 Å². The second-order valence-corrected chi connectivity index (χ2v) is 4.86. The molecule has 0 bridgehead atoms. The molecule has 0 aromatic carbocycles. The van der Waals surface area contributed by atoms with Crippen LogP contribution in [0.25, 0.3) is 0 Å². The summed E-state index contributed by atoms with van der Waals surface area (Å²) in [4.78, 5) is 33.7. The molecule has 0 saturated carbocycles. The van der Waals surface area contributed by atoms with Crippen molar-refractivity contribution in [3.8, 4) is 0 Å². The molecule has 0 aliphatic carbocycles. The molecular formula is C13H23BrN2O5. The highest BCUT2D eigenvalue weighted by atomic mass is 79.9. The fraction of sp³-hybridized carbons (Fsp3) is 0.769. The van der Waals surface area contributed by atoms with Gasteiger partial charge in [0, 0.05) is 19.5 Å². The van der Waals surface area contributed by atoms with Crippen LogP contribution in [-0.2, 0) is 23.9 Å². The zero-order valence-corrected chi connectivity index (χ0v) is 14.1. The van der Waals surface area contributed by atoms with Crippen LogP contribution in [0.15, 0.2) is 0 Å². The molecule has 0 aromatic rings. The largest absolute Gasteiger partial charge is 0.468 e. The highest BCUT2D eigenvalue weighted by Gasteiger charge is 2.18. The molecule has 1 aliphatic heterocycles. The molecule has 1 heterocycles. The van der Waals surface area contributed by atoms with Crippen LogP contribution in [0, 0.1) is 0 Å². The number of hydrogen-bond acceptors (Lipinski definition) is 6. The minimum Gasteiger partial charge on any atom is -0.468 e. The van der Waals surface area contributed by atoms with Crippen molar-refractivity contribution in [1.29, 1.82) is 0 Å². The molecule has 1 aliphatic rings. The van der Waals surface area contributed by atoms with E-state index in [1.807, 2.05) is 4.90 Å². The Labute approximate surface area is 133 Å². The number of carbonyl (C=O) groups is 3. The Balaban J connectivity index is 0.000000567. The van der Waals surface area contributed by atoms with Gasteiger partial charge in [0.05, 0.1) is 20.8 Å². The van der Waals surface area contributed by atoms with Crippen molar-refractivity contribution in [3.05, 3.63) is 0 Å². The minimum atomic E-state index is -0.257. The van der Waals surface area contributed by atoms with E-state index in [0.717, 1.165) is 32.5 Å². The van der Waals surface area contributed by atoms with Crippen molar-refractivity contribution >= 4 is 33.8 Å². The summed E-state index contributed by atoms with van der Waals surface area (Å²) in [7, 11) is 2.72. The maximum Gasteiger partial charge on any atom is 0.319 e. The van der Waals surface area contributed by atoms with Gasteiger partial charge in [-0.25, -0.2) is 0 Å². The first-order valence-electron chi connectivity index (χ1n) is 6.73. The summed E-state index contributed by atoms with van der Waals surface area (Å²) in [5, 5.41) is 3.24. The second-order valence-electron chi connectivity index (χ2n) is 4.30. The molecule has 0 radical (unpaired) electrons. The van der Waals surface area contributed by atoms with Crippen molar-refractivity contribution < 1.29 is 23.9 Å². The van der Waals surface area contributed by atoms with Crippen molar-refractivity contribution in [3.63, 3.8) is 0 Å². The number of alkyl halides is 1. The van der Waals surface area contributed by atoms with Crippen LogP contribution in [-0.4, -0.2) is 68.5 Å². The van der Waals surface area contributed by atoms with Gasteiger partial charge in [-0.15, -0.1) is 0 Å². The number of nitrogens with one attached hydrogen (secondary N) is 1. The lowest BCUT2D eigenvalue weighted by molar-refractivity contribution is -0.139. The molecular weight excluding hydrogens is 344 g/mol. The molecule has 122 valence electrons. The molecule has 1 saturated heterocycles. The summed E-state index contributed by atoms with van der Waals surface area (Å²) < 4.78 is 8.69. The molecule has 0 spiro atoms. The SMILES string of the molecule is COC(=O)CBr.COC(=O)CNCCCN1CCCC1=O. The van der Waals surface area contributed by atoms with Gasteiger partial charge in [-0.3, -0.25) is 14.4 Å². The molecule has 1 fully saturated rings. The minimum absolute atomic E-state index is 0.241. The maximum absolute atomic E-state index is 11.2. The van der Waals surface area contributed by atoms with Crippen LogP contribution in [0.1, 0.15) is 19.3 Å². The number of likely N-dealkylation sites (tertiary alicyclic amines) is 1. The number of ether oxygens (including phenoxy) is 2. The Morgan fingerprint density at radius 2 is 1.95 bits per heavy atom. The number of nitrogens with zero attached hydrogens (tertiary/aromatic N) is 1. The average Bonchev–Trinajstić information content (AvgIpc) is 2.91. The molecule has 1 N–H and O–H groups in total. The van der Waals surface area contributed by atoms with E-state index in [4.69, 9.17) is 0 Å². The van der Waals surface area contributed by atoms with Gasteiger partial charge >= 0.3 is 11.9 Å².